The standard InChI is InChI=1S/C10H14N2O/c11-10(13)8-3-1-5-12-6-2-4-9(12)7-8/h2,4,6,8H,1,3,5,7H2,(H2,11,13). The molecule has 2 rings (SSSR count). The predicted octanol–water partition coefficient (Wildman–Crippen LogP) is 0.926. The highest BCUT2D eigenvalue weighted by atomic mass is 16.1. The highest BCUT2D eigenvalue weighted by molar-refractivity contribution is 5.76. The molecule has 0 saturated heterocycles. The molecule has 3 nitrogen and oxygen atoms in total. The topological polar surface area (TPSA) is 48.0 Å². The molecule has 1 aromatic heterocycles. The lowest BCUT2D eigenvalue weighted by molar-refractivity contribution is -0.121. The minimum absolute atomic E-state index is 0.0381. The van der Waals surface area contributed by atoms with E-state index in [4.69, 9.17) is 5.73 Å². The summed E-state index contributed by atoms with van der Waals surface area (Å²) in [7, 11) is 0. The van der Waals surface area contributed by atoms with Crippen molar-refractivity contribution in [3.63, 3.8) is 0 Å². The van der Waals surface area contributed by atoms with Gasteiger partial charge in [0.2, 0.25) is 5.91 Å². The van der Waals surface area contributed by atoms with Crippen molar-refractivity contribution < 1.29 is 4.79 Å². The molecule has 1 aliphatic rings. The second-order valence-electron chi connectivity index (χ2n) is 3.64. The van der Waals surface area contributed by atoms with Crippen LogP contribution in [0.15, 0.2) is 18.3 Å². The van der Waals surface area contributed by atoms with E-state index < -0.39 is 0 Å². The van der Waals surface area contributed by atoms with Crippen LogP contribution < -0.4 is 5.73 Å². The predicted molar refractivity (Wildman–Crippen MR) is 50.1 cm³/mol. The smallest absolute Gasteiger partial charge is 0.220 e. The number of nitrogens with zero attached hydrogens (tertiary/aromatic N) is 1. The zero-order valence-electron chi connectivity index (χ0n) is 7.57. The molecule has 0 bridgehead atoms. The van der Waals surface area contributed by atoms with Crippen molar-refractivity contribution in [2.45, 2.75) is 25.8 Å². The van der Waals surface area contributed by atoms with Crippen LogP contribution in [0.2, 0.25) is 0 Å². The van der Waals surface area contributed by atoms with Crippen LogP contribution >= 0.6 is 0 Å². The number of amides is 1. The number of carbonyl (C=O) groups is 1. The molecular weight excluding hydrogens is 164 g/mol. The third-order valence-corrected chi connectivity index (χ3v) is 2.73. The molecule has 0 aromatic carbocycles. The second-order valence-corrected chi connectivity index (χ2v) is 3.64. The lowest BCUT2D eigenvalue weighted by atomic mass is 9.98. The lowest BCUT2D eigenvalue weighted by Gasteiger charge is -2.08. The van der Waals surface area contributed by atoms with Crippen LogP contribution in [0.1, 0.15) is 18.5 Å². The Bertz CT molecular complexity index is 316. The molecule has 1 aromatic rings. The highest BCUT2D eigenvalue weighted by Gasteiger charge is 2.20. The van der Waals surface area contributed by atoms with Crippen molar-refractivity contribution in [3.8, 4) is 0 Å². The van der Waals surface area contributed by atoms with Gasteiger partial charge in [-0.3, -0.25) is 4.79 Å². The van der Waals surface area contributed by atoms with Gasteiger partial charge in [-0.2, -0.15) is 0 Å². The number of hydrogen-bond donors (Lipinski definition) is 1. The highest BCUT2D eigenvalue weighted by Crippen LogP contribution is 2.19. The van der Waals surface area contributed by atoms with Gasteiger partial charge < -0.3 is 10.3 Å². The van der Waals surface area contributed by atoms with Gasteiger partial charge in [0.05, 0.1) is 0 Å². The van der Waals surface area contributed by atoms with E-state index in [1.807, 2.05) is 6.07 Å². The van der Waals surface area contributed by atoms with Gasteiger partial charge in [-0.15, -0.1) is 0 Å². The van der Waals surface area contributed by atoms with Gasteiger partial charge in [-0.1, -0.05) is 0 Å². The van der Waals surface area contributed by atoms with Crippen molar-refractivity contribution in [3.05, 3.63) is 24.0 Å². The third kappa shape index (κ3) is 1.59. The number of rotatable bonds is 1. The summed E-state index contributed by atoms with van der Waals surface area (Å²) < 4.78 is 2.21. The first kappa shape index (κ1) is 8.35. The number of carbonyl (C=O) groups excluding carboxylic acids is 1. The molecule has 13 heavy (non-hydrogen) atoms. The van der Waals surface area contributed by atoms with Gasteiger partial charge in [-0.05, 0) is 31.4 Å². The van der Waals surface area contributed by atoms with Crippen molar-refractivity contribution in [2.24, 2.45) is 11.7 Å². The number of hydrogen-bond acceptors (Lipinski definition) is 1. The van der Waals surface area contributed by atoms with Crippen LogP contribution in [0.5, 0.6) is 0 Å². The maximum absolute atomic E-state index is 11.1. The first-order chi connectivity index (χ1) is 6.27. The first-order valence-corrected chi connectivity index (χ1v) is 4.70. The molecule has 0 radical (unpaired) electrons. The molecule has 1 aliphatic heterocycles. The summed E-state index contributed by atoms with van der Waals surface area (Å²) in [6, 6.07) is 4.10. The first-order valence-electron chi connectivity index (χ1n) is 4.70. The van der Waals surface area contributed by atoms with E-state index in [1.165, 1.54) is 5.69 Å². The summed E-state index contributed by atoms with van der Waals surface area (Å²) in [4.78, 5) is 11.1. The molecule has 0 spiro atoms. The summed E-state index contributed by atoms with van der Waals surface area (Å²) in [5, 5.41) is 0. The van der Waals surface area contributed by atoms with Crippen LogP contribution in [-0.2, 0) is 17.8 Å². The Balaban J connectivity index is 2.21. The lowest BCUT2D eigenvalue weighted by Crippen LogP contribution is -2.24. The summed E-state index contributed by atoms with van der Waals surface area (Å²) in [6.45, 7) is 1.02. The quantitative estimate of drug-likeness (QED) is 0.683. The Morgan fingerprint density at radius 2 is 2.46 bits per heavy atom. The maximum Gasteiger partial charge on any atom is 0.220 e. The Labute approximate surface area is 77.5 Å². The Morgan fingerprint density at radius 3 is 3.23 bits per heavy atom. The zero-order chi connectivity index (χ0) is 9.26. The molecule has 1 atom stereocenters. The van der Waals surface area contributed by atoms with Crippen LogP contribution in [-0.4, -0.2) is 10.5 Å². The van der Waals surface area contributed by atoms with E-state index in [1.54, 1.807) is 0 Å². The van der Waals surface area contributed by atoms with Gasteiger partial charge in [0.15, 0.2) is 0 Å². The zero-order valence-corrected chi connectivity index (χ0v) is 7.57. The Hall–Kier alpha value is -1.25. The molecule has 3 heteroatoms. The van der Waals surface area contributed by atoms with E-state index in [9.17, 15) is 4.79 Å². The summed E-state index contributed by atoms with van der Waals surface area (Å²) in [6.07, 6.45) is 4.85. The average Bonchev–Trinajstić information content (AvgIpc) is 2.42. The van der Waals surface area contributed by atoms with Crippen molar-refractivity contribution in [2.75, 3.05) is 0 Å². The Kier molecular flexibility index (Phi) is 2.08. The number of fused-ring (bicyclic) bond motifs is 1. The monoisotopic (exact) mass is 178 g/mol. The summed E-state index contributed by atoms with van der Waals surface area (Å²) in [5.74, 6) is -0.120. The van der Waals surface area contributed by atoms with E-state index in [0.717, 1.165) is 25.8 Å². The van der Waals surface area contributed by atoms with E-state index in [0.29, 0.717) is 0 Å². The Morgan fingerprint density at radius 1 is 1.62 bits per heavy atom. The second kappa shape index (κ2) is 3.24. The third-order valence-electron chi connectivity index (χ3n) is 2.73. The van der Waals surface area contributed by atoms with Gasteiger partial charge >= 0.3 is 0 Å². The minimum atomic E-state index is -0.158. The molecule has 2 heterocycles. The average molecular weight is 178 g/mol. The molecular formula is C10H14N2O. The van der Waals surface area contributed by atoms with E-state index in [-0.39, 0.29) is 11.8 Å². The van der Waals surface area contributed by atoms with Gasteiger partial charge in [-0.25, -0.2) is 0 Å². The summed E-state index contributed by atoms with van der Waals surface area (Å²) in [5.41, 5.74) is 6.55. The van der Waals surface area contributed by atoms with Gasteiger partial charge in [0.1, 0.15) is 0 Å². The molecule has 0 saturated carbocycles. The fraction of sp³-hybridized carbons (Fsp3) is 0.500. The number of primary amides is 1. The number of nitrogens with two attached hydrogens (primary N) is 1. The van der Waals surface area contributed by atoms with Crippen molar-refractivity contribution in [1.29, 1.82) is 0 Å². The van der Waals surface area contributed by atoms with Gasteiger partial charge in [0, 0.05) is 24.4 Å². The summed E-state index contributed by atoms with van der Waals surface area (Å²) >= 11 is 0. The molecule has 0 fully saturated rings. The molecule has 1 unspecified atom stereocenters. The van der Waals surface area contributed by atoms with Crippen molar-refractivity contribution in [1.82, 2.24) is 4.57 Å². The van der Waals surface area contributed by atoms with Crippen LogP contribution in [0, 0.1) is 5.92 Å². The van der Waals surface area contributed by atoms with E-state index >= 15 is 0 Å². The van der Waals surface area contributed by atoms with Crippen LogP contribution in [0.25, 0.3) is 0 Å². The molecule has 0 aliphatic carbocycles. The fourth-order valence-corrected chi connectivity index (χ4v) is 1.96. The number of aromatic nitrogens is 1. The number of aryl methyl sites for hydroxylation is 1. The van der Waals surface area contributed by atoms with Crippen molar-refractivity contribution >= 4 is 5.91 Å². The molecule has 2 N–H and O–H groups in total. The van der Waals surface area contributed by atoms with Crippen LogP contribution in [0.4, 0.5) is 0 Å². The fourth-order valence-electron chi connectivity index (χ4n) is 1.96. The SMILES string of the molecule is NC(=O)C1CCCn2cccc2C1. The minimum Gasteiger partial charge on any atom is -0.369 e. The largest absolute Gasteiger partial charge is 0.369 e. The molecule has 70 valence electrons. The van der Waals surface area contributed by atoms with E-state index in [2.05, 4.69) is 16.8 Å². The molecule has 1 amide bonds. The van der Waals surface area contributed by atoms with Crippen LogP contribution in [0.3, 0.4) is 0 Å². The van der Waals surface area contributed by atoms with Gasteiger partial charge in [0.25, 0.3) is 0 Å². The maximum atomic E-state index is 11.1. The normalized spacial score (nSPS) is 22.0.